The number of carbonyl (C=O) groups is 3. The largest absolute Gasteiger partial charge is 0.464 e. The number of para-hydroxylation sites is 2. The molecule has 0 fully saturated rings. The van der Waals surface area contributed by atoms with Crippen LogP contribution < -0.4 is 10.6 Å². The number of hydrogen-bond donors (Lipinski definition) is 3. The zero-order chi connectivity index (χ0) is 28.3. The maximum atomic E-state index is 13.7. The van der Waals surface area contributed by atoms with Gasteiger partial charge in [-0.25, -0.2) is 9.59 Å². The highest BCUT2D eigenvalue weighted by Gasteiger charge is 2.38. The van der Waals surface area contributed by atoms with Gasteiger partial charge in [0.25, 0.3) is 0 Å². The van der Waals surface area contributed by atoms with Gasteiger partial charge in [-0.3, -0.25) is 9.36 Å². The predicted octanol–water partition coefficient (Wildman–Crippen LogP) is 6.02. The van der Waals surface area contributed by atoms with Crippen molar-refractivity contribution < 1.29 is 28.6 Å². The first-order chi connectivity index (χ1) is 19.2. The Kier molecular flexibility index (Phi) is 7.29. The molecule has 0 aliphatic heterocycles. The molecule has 40 heavy (non-hydrogen) atoms. The molecule has 0 spiro atoms. The van der Waals surface area contributed by atoms with Crippen LogP contribution in [0.2, 0.25) is 0 Å². The molecule has 5 rings (SSSR count). The number of aromatic nitrogens is 1. The second kappa shape index (κ2) is 11.0. The van der Waals surface area contributed by atoms with Gasteiger partial charge in [-0.15, -0.1) is 0 Å². The Morgan fingerprint density at radius 2 is 1.70 bits per heavy atom. The predicted molar refractivity (Wildman–Crippen MR) is 150 cm³/mol. The van der Waals surface area contributed by atoms with Gasteiger partial charge in [0.05, 0.1) is 11.6 Å². The molecule has 0 aliphatic rings. The van der Waals surface area contributed by atoms with Gasteiger partial charge in [0.1, 0.15) is 16.9 Å². The lowest BCUT2D eigenvalue weighted by Crippen LogP contribution is -2.58. The van der Waals surface area contributed by atoms with Crippen molar-refractivity contribution in [1.82, 2.24) is 15.2 Å². The van der Waals surface area contributed by atoms with Crippen LogP contribution >= 0.6 is 0 Å². The Morgan fingerprint density at radius 1 is 1.00 bits per heavy atom. The summed E-state index contributed by atoms with van der Waals surface area (Å²) in [5.41, 5.74) is 1.16. The van der Waals surface area contributed by atoms with Gasteiger partial charge in [0, 0.05) is 23.4 Å². The molecule has 2 unspecified atom stereocenters. The Morgan fingerprint density at radius 3 is 2.45 bits per heavy atom. The van der Waals surface area contributed by atoms with E-state index in [-0.39, 0.29) is 19.1 Å². The Labute approximate surface area is 230 Å². The first-order valence-corrected chi connectivity index (χ1v) is 12.8. The third kappa shape index (κ3) is 5.54. The van der Waals surface area contributed by atoms with E-state index in [1.54, 1.807) is 37.3 Å². The summed E-state index contributed by atoms with van der Waals surface area (Å²) in [5.74, 6) is 0.0152. The smallest absolute Gasteiger partial charge is 0.416 e. The molecule has 5 aromatic rings. The van der Waals surface area contributed by atoms with E-state index in [0.717, 1.165) is 15.5 Å². The summed E-state index contributed by atoms with van der Waals surface area (Å²) in [6.45, 7) is 3.32. The van der Waals surface area contributed by atoms with E-state index >= 15 is 0 Å². The molecular weight excluding hydrogens is 510 g/mol. The zero-order valence-corrected chi connectivity index (χ0v) is 22.1. The highest BCUT2D eigenvalue weighted by Crippen LogP contribution is 2.27. The SMILES string of the molecule is CC(NC(=O)C(C)(Cc1cn(C(=O)O)c2ccccc12)NC(=O)OCc1cc2ccccc2o1)c1ccccc1. The summed E-state index contributed by atoms with van der Waals surface area (Å²) in [4.78, 5) is 38.6. The van der Waals surface area contributed by atoms with Crippen molar-refractivity contribution in [2.24, 2.45) is 0 Å². The number of fused-ring (bicyclic) bond motifs is 2. The number of furan rings is 1. The number of alkyl carbamates (subject to hydrolysis) is 1. The van der Waals surface area contributed by atoms with Crippen LogP contribution in [-0.4, -0.2) is 33.3 Å². The van der Waals surface area contributed by atoms with E-state index in [2.05, 4.69) is 10.6 Å². The van der Waals surface area contributed by atoms with E-state index < -0.39 is 23.6 Å². The number of nitrogens with one attached hydrogen (secondary N) is 2. The van der Waals surface area contributed by atoms with Crippen molar-refractivity contribution in [1.29, 1.82) is 0 Å². The molecule has 2 atom stereocenters. The monoisotopic (exact) mass is 539 g/mol. The second-order valence-electron chi connectivity index (χ2n) is 9.89. The molecule has 204 valence electrons. The molecule has 2 aromatic heterocycles. The van der Waals surface area contributed by atoms with E-state index in [1.165, 1.54) is 6.20 Å². The van der Waals surface area contributed by atoms with Crippen LogP contribution in [-0.2, 0) is 22.6 Å². The van der Waals surface area contributed by atoms with E-state index in [1.807, 2.05) is 61.5 Å². The number of carboxylic acid groups (broad SMARTS) is 1. The van der Waals surface area contributed by atoms with Crippen molar-refractivity contribution in [2.75, 3.05) is 0 Å². The van der Waals surface area contributed by atoms with E-state index in [9.17, 15) is 19.5 Å². The van der Waals surface area contributed by atoms with Crippen molar-refractivity contribution in [3.63, 3.8) is 0 Å². The molecule has 0 bridgehead atoms. The Hall–Kier alpha value is -5.05. The van der Waals surface area contributed by atoms with Gasteiger partial charge in [0.2, 0.25) is 5.91 Å². The Balaban J connectivity index is 1.40. The number of hydrogen-bond acceptors (Lipinski definition) is 5. The molecule has 3 N–H and O–H groups in total. The molecule has 0 saturated carbocycles. The number of carbonyl (C=O) groups excluding carboxylic acids is 2. The van der Waals surface area contributed by atoms with Crippen LogP contribution in [0, 0.1) is 0 Å². The van der Waals surface area contributed by atoms with Gasteiger partial charge in [-0.05, 0) is 43.2 Å². The average Bonchev–Trinajstić information content (AvgIpc) is 3.54. The van der Waals surface area contributed by atoms with Crippen molar-refractivity contribution in [3.05, 3.63) is 108 Å². The minimum absolute atomic E-state index is 0.0148. The quantitative estimate of drug-likeness (QED) is 0.222. The normalized spacial score (nSPS) is 13.4. The fourth-order valence-electron chi connectivity index (χ4n) is 4.80. The Bertz CT molecular complexity index is 1660. The lowest BCUT2D eigenvalue weighted by Gasteiger charge is -2.30. The summed E-state index contributed by atoms with van der Waals surface area (Å²) in [5, 5.41) is 17.0. The molecule has 9 heteroatoms. The topological polar surface area (TPSA) is 123 Å². The number of nitrogens with zero attached hydrogens (tertiary/aromatic N) is 1. The van der Waals surface area contributed by atoms with Crippen LogP contribution in [0.5, 0.6) is 0 Å². The van der Waals surface area contributed by atoms with Gasteiger partial charge in [-0.2, -0.15) is 0 Å². The maximum Gasteiger partial charge on any atom is 0.416 e. The van der Waals surface area contributed by atoms with Crippen LogP contribution in [0.15, 0.2) is 95.5 Å². The van der Waals surface area contributed by atoms with E-state index in [0.29, 0.717) is 27.8 Å². The molecule has 3 aromatic carbocycles. The lowest BCUT2D eigenvalue weighted by molar-refractivity contribution is -0.127. The molecule has 0 saturated heterocycles. The first-order valence-electron chi connectivity index (χ1n) is 12.8. The minimum atomic E-state index is -1.48. The molecule has 2 amide bonds. The average molecular weight is 540 g/mol. The third-order valence-electron chi connectivity index (χ3n) is 6.89. The number of rotatable bonds is 8. The first kappa shape index (κ1) is 26.6. The summed E-state index contributed by atoms with van der Waals surface area (Å²) in [7, 11) is 0. The van der Waals surface area contributed by atoms with Crippen molar-refractivity contribution in [2.45, 2.75) is 38.5 Å². The fraction of sp³-hybridized carbons (Fsp3) is 0.194. The van der Waals surface area contributed by atoms with Crippen molar-refractivity contribution >= 4 is 40.0 Å². The van der Waals surface area contributed by atoms with Crippen molar-refractivity contribution in [3.8, 4) is 0 Å². The molecule has 9 nitrogen and oxygen atoms in total. The highest BCUT2D eigenvalue weighted by molar-refractivity contribution is 5.94. The van der Waals surface area contributed by atoms with Crippen LogP contribution in [0.4, 0.5) is 9.59 Å². The summed E-state index contributed by atoms with van der Waals surface area (Å²) in [6, 6.07) is 25.4. The fourth-order valence-corrected chi connectivity index (χ4v) is 4.80. The van der Waals surface area contributed by atoms with E-state index in [4.69, 9.17) is 9.15 Å². The second-order valence-corrected chi connectivity index (χ2v) is 9.89. The number of ether oxygens (including phenoxy) is 1. The van der Waals surface area contributed by atoms with Gasteiger partial charge in [0.15, 0.2) is 6.61 Å². The molecule has 0 aliphatic carbocycles. The summed E-state index contributed by atoms with van der Waals surface area (Å²) in [6.07, 6.45) is -0.474. The number of amides is 2. The number of benzene rings is 3. The third-order valence-corrected chi connectivity index (χ3v) is 6.89. The molecular formula is C31H29N3O6. The molecule has 0 radical (unpaired) electrons. The minimum Gasteiger partial charge on any atom is -0.464 e. The highest BCUT2D eigenvalue weighted by atomic mass is 16.6. The van der Waals surface area contributed by atoms with Crippen LogP contribution in [0.25, 0.3) is 21.9 Å². The summed E-state index contributed by atoms with van der Waals surface area (Å²) >= 11 is 0. The van der Waals surface area contributed by atoms with Gasteiger partial charge in [-0.1, -0.05) is 66.7 Å². The molecule has 2 heterocycles. The zero-order valence-electron chi connectivity index (χ0n) is 22.1. The van der Waals surface area contributed by atoms with Crippen LogP contribution in [0.3, 0.4) is 0 Å². The summed E-state index contributed by atoms with van der Waals surface area (Å²) < 4.78 is 12.3. The lowest BCUT2D eigenvalue weighted by atomic mass is 9.91. The maximum absolute atomic E-state index is 13.7. The van der Waals surface area contributed by atoms with Gasteiger partial charge < -0.3 is 24.9 Å². The van der Waals surface area contributed by atoms with Gasteiger partial charge >= 0.3 is 12.2 Å². The van der Waals surface area contributed by atoms with Crippen LogP contribution in [0.1, 0.15) is 36.8 Å². The standard InChI is InChI=1S/C31H29N3O6/c1-20(21-10-4-3-5-11-21)32-28(35)31(2,17-23-18-34(30(37)38)26-14-8-7-13-25(23)26)33-29(36)39-19-24-16-22-12-6-9-15-27(22)40-24/h3-16,18,20H,17,19H2,1-2H3,(H,32,35)(H,33,36)(H,37,38).